The number of nitrogens with zero attached hydrogens (tertiary/aromatic N) is 1. The standard InChI is InChI=1S/C16H24N2OS/c1-3-11-5-4-8-18(9-11)16-13(12-6-7-12)14(17)15(20-16)10(2)19/h11-12H,3-9,17H2,1-2H3. The molecule has 1 aliphatic carbocycles. The van der Waals surface area contributed by atoms with Crippen molar-refractivity contribution in [1.82, 2.24) is 0 Å². The molecule has 1 aromatic heterocycles. The van der Waals surface area contributed by atoms with Crippen LogP contribution in [0.4, 0.5) is 10.7 Å². The lowest BCUT2D eigenvalue weighted by molar-refractivity contribution is 0.102. The van der Waals surface area contributed by atoms with Gasteiger partial charge in [0.05, 0.1) is 15.6 Å². The van der Waals surface area contributed by atoms with Crippen molar-refractivity contribution in [1.29, 1.82) is 0 Å². The van der Waals surface area contributed by atoms with E-state index in [0.29, 0.717) is 5.92 Å². The Hall–Kier alpha value is -1.03. The summed E-state index contributed by atoms with van der Waals surface area (Å²) < 4.78 is 0. The Bertz CT molecular complexity index is 519. The first-order valence-electron chi connectivity index (χ1n) is 7.79. The molecule has 0 radical (unpaired) electrons. The molecule has 1 atom stereocenters. The van der Waals surface area contributed by atoms with Crippen LogP contribution in [0, 0.1) is 5.92 Å². The summed E-state index contributed by atoms with van der Waals surface area (Å²) in [7, 11) is 0. The van der Waals surface area contributed by atoms with Crippen LogP contribution >= 0.6 is 11.3 Å². The first-order valence-corrected chi connectivity index (χ1v) is 8.61. The van der Waals surface area contributed by atoms with Crippen LogP contribution < -0.4 is 10.6 Å². The van der Waals surface area contributed by atoms with Crippen molar-refractivity contribution in [2.45, 2.75) is 51.9 Å². The van der Waals surface area contributed by atoms with Crippen LogP contribution in [-0.4, -0.2) is 18.9 Å². The number of piperidine rings is 1. The van der Waals surface area contributed by atoms with Gasteiger partial charge in [0.1, 0.15) is 0 Å². The fourth-order valence-corrected chi connectivity index (χ4v) is 4.53. The molecule has 2 N–H and O–H groups in total. The van der Waals surface area contributed by atoms with Gasteiger partial charge in [-0.1, -0.05) is 13.3 Å². The highest BCUT2D eigenvalue weighted by Crippen LogP contribution is 2.52. The lowest BCUT2D eigenvalue weighted by Crippen LogP contribution is -2.35. The molecule has 0 bridgehead atoms. The normalized spacial score (nSPS) is 23.1. The molecule has 1 saturated heterocycles. The molecular weight excluding hydrogens is 268 g/mol. The number of nitrogens with two attached hydrogens (primary N) is 1. The van der Waals surface area contributed by atoms with E-state index in [0.717, 1.165) is 29.6 Å². The number of ketones is 1. The lowest BCUT2D eigenvalue weighted by atomic mass is 9.95. The number of carbonyl (C=O) groups excluding carboxylic acids is 1. The predicted molar refractivity (Wildman–Crippen MR) is 85.9 cm³/mol. The van der Waals surface area contributed by atoms with Gasteiger partial charge in [0.2, 0.25) is 0 Å². The van der Waals surface area contributed by atoms with Gasteiger partial charge in [0.25, 0.3) is 0 Å². The Kier molecular flexibility index (Phi) is 3.76. The quantitative estimate of drug-likeness (QED) is 0.852. The molecule has 0 spiro atoms. The van der Waals surface area contributed by atoms with Crippen LogP contribution in [0.15, 0.2) is 0 Å². The Labute approximate surface area is 125 Å². The van der Waals surface area contributed by atoms with Crippen molar-refractivity contribution >= 4 is 27.8 Å². The third kappa shape index (κ3) is 2.46. The van der Waals surface area contributed by atoms with Gasteiger partial charge >= 0.3 is 0 Å². The second-order valence-electron chi connectivity index (χ2n) is 6.26. The Balaban J connectivity index is 1.95. The molecule has 2 fully saturated rings. The topological polar surface area (TPSA) is 46.3 Å². The number of Topliss-reactive ketones (excluding diaryl/α,β-unsaturated/α-hetero) is 1. The summed E-state index contributed by atoms with van der Waals surface area (Å²) in [4.78, 5) is 15.1. The van der Waals surface area contributed by atoms with E-state index in [1.54, 1.807) is 18.3 Å². The summed E-state index contributed by atoms with van der Waals surface area (Å²) in [6.45, 7) is 6.16. The molecule has 1 aromatic rings. The number of nitrogen functional groups attached to an aromatic ring is 1. The fraction of sp³-hybridized carbons (Fsp3) is 0.688. The largest absolute Gasteiger partial charge is 0.397 e. The van der Waals surface area contributed by atoms with Crippen LogP contribution in [-0.2, 0) is 0 Å². The lowest BCUT2D eigenvalue weighted by Gasteiger charge is -2.33. The van der Waals surface area contributed by atoms with Gasteiger partial charge < -0.3 is 10.6 Å². The van der Waals surface area contributed by atoms with Crippen molar-refractivity contribution in [3.63, 3.8) is 0 Å². The average molecular weight is 292 g/mol. The number of hydrogen-bond acceptors (Lipinski definition) is 4. The Morgan fingerprint density at radius 2 is 2.15 bits per heavy atom. The predicted octanol–water partition coefficient (Wildman–Crippen LogP) is 4.04. The SMILES string of the molecule is CCC1CCCN(c2sc(C(C)=O)c(N)c2C2CC2)C1. The molecule has 0 aromatic carbocycles. The smallest absolute Gasteiger partial charge is 0.171 e. The molecule has 4 heteroatoms. The van der Waals surface area contributed by atoms with Gasteiger partial charge in [-0.05, 0) is 37.5 Å². The molecule has 1 unspecified atom stereocenters. The average Bonchev–Trinajstić information content (AvgIpc) is 3.22. The third-order valence-corrected chi connectivity index (χ3v) is 6.04. The van der Waals surface area contributed by atoms with Gasteiger partial charge in [0.15, 0.2) is 5.78 Å². The zero-order valence-corrected chi connectivity index (χ0v) is 13.3. The highest BCUT2D eigenvalue weighted by atomic mass is 32.1. The molecule has 0 amide bonds. The van der Waals surface area contributed by atoms with E-state index in [-0.39, 0.29) is 5.78 Å². The monoisotopic (exact) mass is 292 g/mol. The second kappa shape index (κ2) is 5.40. The molecule has 2 aliphatic rings. The van der Waals surface area contributed by atoms with E-state index in [2.05, 4.69) is 11.8 Å². The van der Waals surface area contributed by atoms with Crippen LogP contribution in [0.3, 0.4) is 0 Å². The maximum atomic E-state index is 11.8. The number of thiophene rings is 1. The first kappa shape index (κ1) is 13.9. The van der Waals surface area contributed by atoms with Gasteiger partial charge in [0, 0.05) is 25.6 Å². The second-order valence-corrected chi connectivity index (χ2v) is 7.26. The number of carbonyl (C=O) groups is 1. The van der Waals surface area contributed by atoms with E-state index >= 15 is 0 Å². The van der Waals surface area contributed by atoms with Crippen LogP contribution in [0.1, 0.15) is 67.1 Å². The minimum absolute atomic E-state index is 0.115. The summed E-state index contributed by atoms with van der Waals surface area (Å²) >= 11 is 1.63. The minimum atomic E-state index is 0.115. The molecular formula is C16H24N2OS. The van der Waals surface area contributed by atoms with Gasteiger partial charge in [-0.3, -0.25) is 4.79 Å². The number of hydrogen-bond donors (Lipinski definition) is 1. The maximum absolute atomic E-state index is 11.8. The van der Waals surface area contributed by atoms with Crippen LogP contribution in [0.2, 0.25) is 0 Å². The molecule has 110 valence electrons. The van der Waals surface area contributed by atoms with Gasteiger partial charge in [-0.2, -0.15) is 0 Å². The van der Waals surface area contributed by atoms with E-state index in [9.17, 15) is 4.79 Å². The van der Waals surface area contributed by atoms with Crippen LogP contribution in [0.25, 0.3) is 0 Å². The van der Waals surface area contributed by atoms with E-state index in [4.69, 9.17) is 5.73 Å². The molecule has 3 nitrogen and oxygen atoms in total. The molecule has 20 heavy (non-hydrogen) atoms. The van der Waals surface area contributed by atoms with Crippen molar-refractivity contribution < 1.29 is 4.79 Å². The van der Waals surface area contributed by atoms with Crippen molar-refractivity contribution in [3.8, 4) is 0 Å². The summed E-state index contributed by atoms with van der Waals surface area (Å²) in [5, 5.41) is 1.30. The zero-order valence-electron chi connectivity index (χ0n) is 12.4. The fourth-order valence-electron chi connectivity index (χ4n) is 3.29. The Morgan fingerprint density at radius 1 is 1.40 bits per heavy atom. The highest BCUT2D eigenvalue weighted by Gasteiger charge is 2.34. The molecule has 2 heterocycles. The summed E-state index contributed by atoms with van der Waals surface area (Å²) in [6.07, 6.45) is 6.31. The van der Waals surface area contributed by atoms with Crippen molar-refractivity contribution in [2.24, 2.45) is 5.92 Å². The molecule has 1 aliphatic heterocycles. The molecule has 1 saturated carbocycles. The van der Waals surface area contributed by atoms with Gasteiger partial charge in [-0.15, -0.1) is 11.3 Å². The summed E-state index contributed by atoms with van der Waals surface area (Å²) in [6, 6.07) is 0. The summed E-state index contributed by atoms with van der Waals surface area (Å²) in [5.74, 6) is 1.51. The first-order chi connectivity index (χ1) is 9.61. The maximum Gasteiger partial charge on any atom is 0.171 e. The Morgan fingerprint density at radius 3 is 2.75 bits per heavy atom. The summed E-state index contributed by atoms with van der Waals surface area (Å²) in [5.41, 5.74) is 8.35. The van der Waals surface area contributed by atoms with E-state index < -0.39 is 0 Å². The van der Waals surface area contributed by atoms with E-state index in [1.165, 1.54) is 42.7 Å². The number of rotatable bonds is 4. The van der Waals surface area contributed by atoms with Crippen LogP contribution in [0.5, 0.6) is 0 Å². The van der Waals surface area contributed by atoms with Crippen molar-refractivity contribution in [2.75, 3.05) is 23.7 Å². The highest BCUT2D eigenvalue weighted by molar-refractivity contribution is 7.18. The molecule has 3 rings (SSSR count). The van der Waals surface area contributed by atoms with Gasteiger partial charge in [-0.25, -0.2) is 0 Å². The van der Waals surface area contributed by atoms with E-state index in [1.807, 2.05) is 0 Å². The number of anilines is 2. The zero-order chi connectivity index (χ0) is 14.3. The third-order valence-electron chi connectivity index (χ3n) is 4.65. The van der Waals surface area contributed by atoms with Crippen molar-refractivity contribution in [3.05, 3.63) is 10.4 Å². The minimum Gasteiger partial charge on any atom is -0.397 e.